The number of anilines is 2. The zero-order valence-corrected chi connectivity index (χ0v) is 34.8. The Labute approximate surface area is 325 Å². The predicted molar refractivity (Wildman–Crippen MR) is 216 cm³/mol. The molecule has 13 heteroatoms. The molecule has 0 unspecified atom stereocenters. The molecular weight excluding hydrogens is 726 g/mol. The Kier molecular flexibility index (Phi) is 14.5. The maximum Gasteiger partial charge on any atom is 0.411 e. The van der Waals surface area contributed by atoms with E-state index in [1.54, 1.807) is 19.2 Å². The van der Waals surface area contributed by atoms with Crippen LogP contribution in [0.15, 0.2) is 60.7 Å². The molecule has 3 aromatic rings. The quantitative estimate of drug-likeness (QED) is 0.122. The van der Waals surface area contributed by atoms with E-state index in [9.17, 15) is 14.4 Å². The summed E-state index contributed by atoms with van der Waals surface area (Å²) in [6, 6.07) is 18.8. The van der Waals surface area contributed by atoms with Crippen LogP contribution in [0.2, 0.25) is 23.2 Å². The highest BCUT2D eigenvalue weighted by atomic mass is 35.5. The number of ether oxygens (including phenoxy) is 4. The summed E-state index contributed by atoms with van der Waals surface area (Å²) in [5.41, 5.74) is 3.74. The molecule has 0 atom stereocenters. The van der Waals surface area contributed by atoms with Crippen molar-refractivity contribution in [1.82, 2.24) is 5.32 Å². The van der Waals surface area contributed by atoms with Crippen molar-refractivity contribution < 1.29 is 37.8 Å². The fraction of sp³-hybridized carbons (Fsp3) is 0.488. The molecule has 3 N–H and O–H groups in total. The van der Waals surface area contributed by atoms with E-state index in [4.69, 9.17) is 35.0 Å². The average Bonchev–Trinajstić information content (AvgIpc) is 3.08. The predicted octanol–water partition coefficient (Wildman–Crippen LogP) is 10.7. The number of nitrogens with one attached hydrogen (secondary N) is 3. The van der Waals surface area contributed by atoms with Gasteiger partial charge in [-0.25, -0.2) is 14.4 Å². The Morgan fingerprint density at radius 3 is 2.13 bits per heavy atom. The van der Waals surface area contributed by atoms with Crippen molar-refractivity contribution in [3.8, 4) is 16.9 Å². The van der Waals surface area contributed by atoms with Gasteiger partial charge in [0.1, 0.15) is 17.5 Å². The first-order valence-electron chi connectivity index (χ1n) is 18.4. The topological polar surface area (TPSA) is 133 Å². The zero-order valence-electron chi connectivity index (χ0n) is 33.0. The molecule has 1 aliphatic carbocycles. The molecule has 0 radical (unpaired) electrons. The number of hydrogen-bond acceptors (Lipinski definition) is 8. The van der Waals surface area contributed by atoms with E-state index >= 15 is 0 Å². The lowest BCUT2D eigenvalue weighted by molar-refractivity contribution is 0.0440. The summed E-state index contributed by atoms with van der Waals surface area (Å²) < 4.78 is 28.6. The third-order valence-corrected chi connectivity index (χ3v) is 14.5. The van der Waals surface area contributed by atoms with Crippen LogP contribution < -0.4 is 20.7 Å². The summed E-state index contributed by atoms with van der Waals surface area (Å²) in [5.74, 6) is 0.549. The van der Waals surface area contributed by atoms with Crippen molar-refractivity contribution in [2.75, 3.05) is 24.4 Å². The summed E-state index contributed by atoms with van der Waals surface area (Å²) >= 11 is 6.57. The second-order valence-electron chi connectivity index (χ2n) is 16.1. The van der Waals surface area contributed by atoms with Gasteiger partial charge in [-0.15, -0.1) is 0 Å². The molecule has 1 aliphatic rings. The smallest absolute Gasteiger partial charge is 0.411 e. The van der Waals surface area contributed by atoms with Gasteiger partial charge in [-0.2, -0.15) is 0 Å². The largest absolute Gasteiger partial charge is 0.496 e. The molecule has 0 spiro atoms. The third kappa shape index (κ3) is 12.7. The number of carbonyl (C=O) groups is 3. The first-order valence-corrected chi connectivity index (χ1v) is 21.7. The molecule has 11 nitrogen and oxygen atoms in total. The fourth-order valence-electron chi connectivity index (χ4n) is 5.69. The molecule has 0 aliphatic heterocycles. The van der Waals surface area contributed by atoms with E-state index in [2.05, 4.69) is 49.8 Å². The fourth-order valence-corrected chi connectivity index (χ4v) is 6.87. The molecule has 1 fully saturated rings. The molecule has 0 heterocycles. The van der Waals surface area contributed by atoms with Gasteiger partial charge in [0.25, 0.3) is 0 Å². The standard InChI is InChI=1S/C41H56ClN3O8Si/c1-40(2,3)53-39(48)43-30-16-18-31(19-17-30)52-38(47)44-34-23-27(15-20-32(34)28-13-11-10-12-14-28)21-22-50-37(46)45-35-25-36(49-7)29(24-33(35)42)26-51-54(8,9)41(4,5)6/h10-15,20,23-25,30-31H,16-19,21-22,26H2,1-9H3,(H,43,48)(H,44,47)(H,45,46). The molecule has 0 bridgehead atoms. The van der Waals surface area contributed by atoms with Gasteiger partial charge in [-0.05, 0) is 87.8 Å². The molecule has 3 amide bonds. The summed E-state index contributed by atoms with van der Waals surface area (Å²) in [4.78, 5) is 38.2. The Balaban J connectivity index is 1.34. The van der Waals surface area contributed by atoms with Crippen LogP contribution in [-0.2, 0) is 31.7 Å². The second-order valence-corrected chi connectivity index (χ2v) is 21.3. The number of hydrogen-bond donors (Lipinski definition) is 3. The van der Waals surface area contributed by atoms with Gasteiger partial charge in [0.15, 0.2) is 8.32 Å². The van der Waals surface area contributed by atoms with Crippen LogP contribution in [0.3, 0.4) is 0 Å². The summed E-state index contributed by atoms with van der Waals surface area (Å²) in [6.07, 6.45) is 1.03. The number of amides is 3. The van der Waals surface area contributed by atoms with Crippen molar-refractivity contribution in [2.24, 2.45) is 0 Å². The van der Waals surface area contributed by atoms with Crippen molar-refractivity contribution in [2.45, 2.75) is 116 Å². The minimum atomic E-state index is -2.01. The van der Waals surface area contributed by atoms with Gasteiger partial charge < -0.3 is 28.7 Å². The molecular formula is C41H56ClN3O8Si. The highest BCUT2D eigenvalue weighted by molar-refractivity contribution is 6.74. The van der Waals surface area contributed by atoms with Gasteiger partial charge >= 0.3 is 18.3 Å². The summed E-state index contributed by atoms with van der Waals surface area (Å²) in [6.45, 7) is 16.8. The summed E-state index contributed by atoms with van der Waals surface area (Å²) in [7, 11) is -0.445. The highest BCUT2D eigenvalue weighted by Gasteiger charge is 2.37. The minimum Gasteiger partial charge on any atom is -0.496 e. The van der Waals surface area contributed by atoms with Gasteiger partial charge in [0, 0.05) is 29.7 Å². The Hall–Kier alpha value is -4.26. The lowest BCUT2D eigenvalue weighted by Crippen LogP contribution is -2.42. The van der Waals surface area contributed by atoms with Crippen LogP contribution in [0.4, 0.5) is 25.8 Å². The monoisotopic (exact) mass is 781 g/mol. The van der Waals surface area contributed by atoms with Crippen LogP contribution in [0.1, 0.15) is 78.4 Å². The van der Waals surface area contributed by atoms with E-state index in [-0.39, 0.29) is 23.8 Å². The van der Waals surface area contributed by atoms with Crippen LogP contribution >= 0.6 is 11.6 Å². The Morgan fingerprint density at radius 1 is 0.833 bits per heavy atom. The van der Waals surface area contributed by atoms with Crippen LogP contribution in [0.5, 0.6) is 5.75 Å². The van der Waals surface area contributed by atoms with Crippen LogP contribution in [-0.4, -0.2) is 58.1 Å². The normalized spacial score (nSPS) is 16.2. The maximum atomic E-state index is 13.2. The first kappa shape index (κ1) is 42.5. The second kappa shape index (κ2) is 18.4. The lowest BCUT2D eigenvalue weighted by atomic mass is 9.93. The van der Waals surface area contributed by atoms with Crippen molar-refractivity contribution in [1.29, 1.82) is 0 Å². The molecule has 0 aromatic heterocycles. The number of rotatable bonds is 12. The van der Waals surface area contributed by atoms with E-state index in [0.29, 0.717) is 60.9 Å². The molecule has 54 heavy (non-hydrogen) atoms. The third-order valence-electron chi connectivity index (χ3n) is 9.70. The van der Waals surface area contributed by atoms with Crippen LogP contribution in [0, 0.1) is 0 Å². The van der Waals surface area contributed by atoms with E-state index in [1.165, 1.54) is 0 Å². The van der Waals surface area contributed by atoms with Gasteiger partial charge in [0.2, 0.25) is 0 Å². The maximum absolute atomic E-state index is 13.2. The number of benzene rings is 3. The van der Waals surface area contributed by atoms with Crippen LogP contribution in [0.25, 0.3) is 11.1 Å². The summed E-state index contributed by atoms with van der Waals surface area (Å²) in [5, 5.41) is 8.96. The molecule has 294 valence electrons. The van der Waals surface area contributed by atoms with Gasteiger partial charge in [-0.1, -0.05) is 74.8 Å². The zero-order chi connectivity index (χ0) is 39.7. The van der Waals surface area contributed by atoms with Gasteiger partial charge in [0.05, 0.1) is 36.7 Å². The Bertz CT molecular complexity index is 1750. The Morgan fingerprint density at radius 2 is 1.50 bits per heavy atom. The number of alkyl carbamates (subject to hydrolysis) is 1. The minimum absolute atomic E-state index is 0.0358. The lowest BCUT2D eigenvalue weighted by Gasteiger charge is -2.36. The van der Waals surface area contributed by atoms with Crippen molar-refractivity contribution in [3.05, 3.63) is 76.8 Å². The SMILES string of the molecule is COc1cc(NC(=O)OCCc2ccc(-c3ccccc3)c(NC(=O)OC3CCC(NC(=O)OC(C)(C)C)CC3)c2)c(Cl)cc1CO[Si](C)(C)C(C)(C)C. The first-order chi connectivity index (χ1) is 25.3. The van der Waals surface area contributed by atoms with E-state index < -0.39 is 32.2 Å². The molecule has 3 aromatic carbocycles. The number of carbonyl (C=O) groups excluding carboxylic acids is 3. The van der Waals surface area contributed by atoms with E-state index in [1.807, 2.05) is 69.3 Å². The number of halogens is 1. The number of methoxy groups -OCH3 is 1. The van der Waals surface area contributed by atoms with Crippen molar-refractivity contribution >= 4 is 49.6 Å². The molecule has 1 saturated carbocycles. The van der Waals surface area contributed by atoms with E-state index in [0.717, 1.165) is 22.3 Å². The average molecular weight is 782 g/mol. The highest BCUT2D eigenvalue weighted by Crippen LogP contribution is 2.39. The molecule has 0 saturated heterocycles. The molecule has 4 rings (SSSR count). The van der Waals surface area contributed by atoms with Gasteiger partial charge in [-0.3, -0.25) is 10.6 Å². The van der Waals surface area contributed by atoms with Crippen molar-refractivity contribution in [3.63, 3.8) is 0 Å².